The van der Waals surface area contributed by atoms with E-state index in [1.165, 1.54) is 6.33 Å². The van der Waals surface area contributed by atoms with E-state index in [1.807, 2.05) is 6.92 Å². The Kier molecular flexibility index (Phi) is 4.13. The maximum atomic E-state index is 6.12. The van der Waals surface area contributed by atoms with Crippen molar-refractivity contribution in [3.63, 3.8) is 0 Å². The van der Waals surface area contributed by atoms with Gasteiger partial charge in [-0.3, -0.25) is 0 Å². The second-order valence-electron chi connectivity index (χ2n) is 4.49. The van der Waals surface area contributed by atoms with Crippen LogP contribution in [0, 0.1) is 6.92 Å². The second-order valence-corrected chi connectivity index (χ2v) is 5.33. The molecule has 2 aromatic heterocycles. The van der Waals surface area contributed by atoms with Gasteiger partial charge in [0.05, 0.1) is 10.7 Å². The van der Waals surface area contributed by atoms with Gasteiger partial charge < -0.3 is 15.2 Å². The van der Waals surface area contributed by atoms with E-state index in [0.717, 1.165) is 0 Å². The smallest absolute Gasteiger partial charge is 0.175 e. The Morgan fingerprint density at radius 3 is 2.41 bits per heavy atom. The summed E-state index contributed by atoms with van der Waals surface area (Å²) in [5.74, 6) is 2.45. The fourth-order valence-electron chi connectivity index (χ4n) is 1.78. The molecular formula is C14H11Cl2N5O. The van der Waals surface area contributed by atoms with Crippen LogP contribution >= 0.6 is 23.2 Å². The minimum atomic E-state index is 0.507. The molecule has 0 aliphatic heterocycles. The molecule has 8 heteroatoms. The first-order valence-electron chi connectivity index (χ1n) is 6.34. The molecule has 0 bridgehead atoms. The number of hydrogen-bond acceptors (Lipinski definition) is 6. The Morgan fingerprint density at radius 1 is 0.955 bits per heavy atom. The highest BCUT2D eigenvalue weighted by molar-refractivity contribution is 6.36. The van der Waals surface area contributed by atoms with Crippen LogP contribution in [0.25, 0.3) is 0 Å². The van der Waals surface area contributed by atoms with E-state index in [0.29, 0.717) is 38.9 Å². The zero-order valence-corrected chi connectivity index (χ0v) is 13.0. The lowest BCUT2D eigenvalue weighted by atomic mass is 10.3. The maximum Gasteiger partial charge on any atom is 0.175 e. The molecule has 0 amide bonds. The molecule has 0 fully saturated rings. The van der Waals surface area contributed by atoms with Crippen LogP contribution < -0.4 is 10.6 Å². The van der Waals surface area contributed by atoms with Gasteiger partial charge in [0.15, 0.2) is 5.82 Å². The fourth-order valence-corrected chi connectivity index (χ4v) is 2.24. The molecule has 0 saturated carbocycles. The van der Waals surface area contributed by atoms with Crippen LogP contribution in [0.1, 0.15) is 5.76 Å². The molecule has 0 radical (unpaired) electrons. The van der Waals surface area contributed by atoms with Crippen LogP contribution in [-0.4, -0.2) is 15.1 Å². The maximum absolute atomic E-state index is 6.12. The normalized spacial score (nSPS) is 10.5. The van der Waals surface area contributed by atoms with Gasteiger partial charge in [-0.15, -0.1) is 0 Å². The monoisotopic (exact) mass is 335 g/mol. The van der Waals surface area contributed by atoms with Crippen molar-refractivity contribution >= 4 is 46.3 Å². The molecule has 0 unspecified atom stereocenters. The van der Waals surface area contributed by atoms with Crippen LogP contribution in [0.2, 0.25) is 10.0 Å². The third kappa shape index (κ3) is 3.47. The summed E-state index contributed by atoms with van der Waals surface area (Å²) in [7, 11) is 0. The Hall–Kier alpha value is -2.31. The zero-order valence-electron chi connectivity index (χ0n) is 11.5. The zero-order chi connectivity index (χ0) is 15.5. The number of anilines is 4. The standard InChI is InChI=1S/C14H11Cl2N5O/c1-8-4-14(21-22-8)20-13-6-12(17-7-18-13)19-11-3-2-9(15)5-10(11)16/h2-7H,1H3,(H2,17,18,19,20,21). The van der Waals surface area contributed by atoms with Crippen LogP contribution in [-0.2, 0) is 0 Å². The number of halogens is 2. The van der Waals surface area contributed by atoms with Crippen LogP contribution in [0.4, 0.5) is 23.1 Å². The Bertz CT molecular complexity index is 805. The number of hydrogen-bond donors (Lipinski definition) is 2. The lowest BCUT2D eigenvalue weighted by Crippen LogP contribution is -1.99. The van der Waals surface area contributed by atoms with Crippen molar-refractivity contribution < 1.29 is 4.52 Å². The van der Waals surface area contributed by atoms with E-state index in [4.69, 9.17) is 27.7 Å². The van der Waals surface area contributed by atoms with Crippen molar-refractivity contribution in [1.29, 1.82) is 0 Å². The minimum Gasteiger partial charge on any atom is -0.360 e. The van der Waals surface area contributed by atoms with Crippen molar-refractivity contribution in [2.24, 2.45) is 0 Å². The highest BCUT2D eigenvalue weighted by Crippen LogP contribution is 2.28. The van der Waals surface area contributed by atoms with Crippen molar-refractivity contribution in [3.05, 3.63) is 52.5 Å². The molecule has 112 valence electrons. The van der Waals surface area contributed by atoms with Gasteiger partial charge in [-0.05, 0) is 25.1 Å². The van der Waals surface area contributed by atoms with Crippen LogP contribution in [0.15, 0.2) is 41.2 Å². The summed E-state index contributed by atoms with van der Waals surface area (Å²) in [6, 6.07) is 8.68. The average Bonchev–Trinajstić information content (AvgIpc) is 2.88. The minimum absolute atomic E-state index is 0.507. The number of nitrogens with one attached hydrogen (secondary N) is 2. The van der Waals surface area contributed by atoms with E-state index < -0.39 is 0 Å². The molecule has 22 heavy (non-hydrogen) atoms. The van der Waals surface area contributed by atoms with E-state index >= 15 is 0 Å². The molecule has 0 atom stereocenters. The quantitative estimate of drug-likeness (QED) is 0.727. The van der Waals surface area contributed by atoms with Crippen molar-refractivity contribution in [2.45, 2.75) is 6.92 Å². The average molecular weight is 336 g/mol. The van der Waals surface area contributed by atoms with E-state index in [2.05, 4.69) is 25.8 Å². The SMILES string of the molecule is Cc1cc(Nc2cc(Nc3ccc(Cl)cc3Cl)ncn2)no1. The van der Waals surface area contributed by atoms with E-state index in [9.17, 15) is 0 Å². The number of aromatic nitrogens is 3. The summed E-state index contributed by atoms with van der Waals surface area (Å²) in [5.41, 5.74) is 0.702. The molecule has 6 nitrogen and oxygen atoms in total. The van der Waals surface area contributed by atoms with E-state index in [-0.39, 0.29) is 0 Å². The number of aryl methyl sites for hydroxylation is 1. The highest BCUT2D eigenvalue weighted by atomic mass is 35.5. The van der Waals surface area contributed by atoms with Gasteiger partial charge in [-0.25, -0.2) is 9.97 Å². The van der Waals surface area contributed by atoms with Crippen LogP contribution in [0.3, 0.4) is 0 Å². The summed E-state index contributed by atoms with van der Waals surface area (Å²) in [4.78, 5) is 8.27. The van der Waals surface area contributed by atoms with Gasteiger partial charge >= 0.3 is 0 Å². The second kappa shape index (κ2) is 6.21. The summed E-state index contributed by atoms with van der Waals surface area (Å²) in [6.07, 6.45) is 1.43. The topological polar surface area (TPSA) is 75.9 Å². The lowest BCUT2D eigenvalue weighted by molar-refractivity contribution is 0.400. The first kappa shape index (κ1) is 14.6. The predicted molar refractivity (Wildman–Crippen MR) is 86.3 cm³/mol. The van der Waals surface area contributed by atoms with E-state index in [1.54, 1.807) is 30.3 Å². The van der Waals surface area contributed by atoms with Gasteiger partial charge in [0.25, 0.3) is 0 Å². The Morgan fingerprint density at radius 2 is 1.73 bits per heavy atom. The Labute approximate surface area is 136 Å². The summed E-state index contributed by atoms with van der Waals surface area (Å²) in [6.45, 7) is 1.81. The molecule has 3 rings (SSSR count). The third-order valence-corrected chi connectivity index (χ3v) is 3.29. The van der Waals surface area contributed by atoms with Gasteiger partial charge in [-0.2, -0.15) is 0 Å². The number of nitrogens with zero attached hydrogens (tertiary/aromatic N) is 3. The van der Waals surface area contributed by atoms with Crippen molar-refractivity contribution in [2.75, 3.05) is 10.6 Å². The molecule has 2 N–H and O–H groups in total. The number of benzene rings is 1. The van der Waals surface area contributed by atoms with Gasteiger partial charge in [0.1, 0.15) is 23.7 Å². The third-order valence-electron chi connectivity index (χ3n) is 2.75. The van der Waals surface area contributed by atoms with Crippen molar-refractivity contribution in [3.8, 4) is 0 Å². The molecule has 1 aromatic carbocycles. The molecule has 3 aromatic rings. The lowest BCUT2D eigenvalue weighted by Gasteiger charge is -2.09. The first-order chi connectivity index (χ1) is 10.6. The molecule has 0 aliphatic rings. The first-order valence-corrected chi connectivity index (χ1v) is 7.10. The summed E-state index contributed by atoms with van der Waals surface area (Å²) >= 11 is 12.0. The fraction of sp³-hybridized carbons (Fsp3) is 0.0714. The highest BCUT2D eigenvalue weighted by Gasteiger charge is 2.06. The molecule has 0 aliphatic carbocycles. The summed E-state index contributed by atoms with van der Waals surface area (Å²) < 4.78 is 4.99. The predicted octanol–water partition coefficient (Wildman–Crippen LogP) is 4.57. The van der Waals surface area contributed by atoms with Crippen molar-refractivity contribution in [1.82, 2.24) is 15.1 Å². The Balaban J connectivity index is 1.78. The largest absolute Gasteiger partial charge is 0.360 e. The number of rotatable bonds is 4. The molecule has 2 heterocycles. The summed E-state index contributed by atoms with van der Waals surface area (Å²) in [5, 5.41) is 11.1. The molecule has 0 saturated heterocycles. The van der Waals surface area contributed by atoms with Crippen LogP contribution in [0.5, 0.6) is 0 Å². The molecular weight excluding hydrogens is 325 g/mol. The van der Waals surface area contributed by atoms with Gasteiger partial charge in [0, 0.05) is 17.2 Å². The van der Waals surface area contributed by atoms with Gasteiger partial charge in [-0.1, -0.05) is 28.4 Å². The van der Waals surface area contributed by atoms with Gasteiger partial charge in [0.2, 0.25) is 0 Å². The molecule has 0 spiro atoms.